The molecule has 0 spiro atoms. The molecule has 0 aliphatic rings. The van der Waals surface area contributed by atoms with E-state index in [9.17, 15) is 0 Å². The number of likely N-dealkylation sites (N-methyl/N-ethyl adjacent to an activating group) is 1. The van der Waals surface area contributed by atoms with Gasteiger partial charge in [0.25, 0.3) is 0 Å². The van der Waals surface area contributed by atoms with E-state index < -0.39 is 0 Å². The first-order valence-corrected chi connectivity index (χ1v) is 7.05. The average molecular weight is 302 g/mol. The number of aromatic nitrogens is 2. The van der Waals surface area contributed by atoms with Crippen molar-refractivity contribution in [3.63, 3.8) is 0 Å². The third-order valence-corrected chi connectivity index (χ3v) is 4.47. The molecule has 3 nitrogen and oxygen atoms in total. The van der Waals surface area contributed by atoms with Gasteiger partial charge in [0.1, 0.15) is 0 Å². The van der Waals surface area contributed by atoms with Gasteiger partial charge in [-0.25, -0.2) is 0 Å². The quantitative estimate of drug-likeness (QED) is 0.936. The van der Waals surface area contributed by atoms with Crippen LogP contribution in [0.15, 0.2) is 18.2 Å². The molecule has 0 aliphatic heterocycles. The summed E-state index contributed by atoms with van der Waals surface area (Å²) in [6.07, 6.45) is 0.722. The molecule has 0 radical (unpaired) electrons. The standard InChI is InChI=1S/C12H13Cl2N3S/c1-7-12(18-17-16-7)11(15-2)6-8-9(13)4-3-5-10(8)14/h3-5,11,15H,6H2,1-2H3. The number of nitrogens with zero attached hydrogens (tertiary/aromatic N) is 2. The smallest absolute Gasteiger partial charge is 0.0772 e. The Morgan fingerprint density at radius 2 is 2.00 bits per heavy atom. The van der Waals surface area contributed by atoms with Gasteiger partial charge in [-0.3, -0.25) is 0 Å². The first kappa shape index (κ1) is 13.7. The van der Waals surface area contributed by atoms with Crippen LogP contribution >= 0.6 is 34.7 Å². The number of rotatable bonds is 4. The number of nitrogens with one attached hydrogen (secondary N) is 1. The Morgan fingerprint density at radius 1 is 1.33 bits per heavy atom. The molecule has 0 bridgehead atoms. The molecule has 1 aromatic heterocycles. The maximum absolute atomic E-state index is 6.19. The second kappa shape index (κ2) is 5.97. The normalized spacial score (nSPS) is 12.7. The summed E-state index contributed by atoms with van der Waals surface area (Å²) in [6.45, 7) is 1.96. The lowest BCUT2D eigenvalue weighted by molar-refractivity contribution is 0.598. The number of halogens is 2. The van der Waals surface area contributed by atoms with Crippen LogP contribution in [-0.4, -0.2) is 16.6 Å². The number of benzene rings is 1. The van der Waals surface area contributed by atoms with E-state index in [0.717, 1.165) is 22.6 Å². The highest BCUT2D eigenvalue weighted by Gasteiger charge is 2.18. The first-order chi connectivity index (χ1) is 8.63. The zero-order chi connectivity index (χ0) is 13.1. The van der Waals surface area contributed by atoms with E-state index in [4.69, 9.17) is 23.2 Å². The summed E-state index contributed by atoms with van der Waals surface area (Å²) >= 11 is 13.8. The second-order valence-corrected chi connectivity index (χ2v) is 5.57. The minimum atomic E-state index is 0.127. The first-order valence-electron chi connectivity index (χ1n) is 5.52. The van der Waals surface area contributed by atoms with Gasteiger partial charge < -0.3 is 5.32 Å². The Balaban J connectivity index is 2.29. The molecular weight excluding hydrogens is 289 g/mol. The second-order valence-electron chi connectivity index (χ2n) is 3.97. The molecule has 2 rings (SSSR count). The summed E-state index contributed by atoms with van der Waals surface area (Å²) in [7, 11) is 1.91. The molecular formula is C12H13Cl2N3S. The van der Waals surface area contributed by atoms with Crippen LogP contribution in [-0.2, 0) is 6.42 Å². The van der Waals surface area contributed by atoms with E-state index in [1.807, 2.05) is 32.2 Å². The van der Waals surface area contributed by atoms with E-state index in [1.165, 1.54) is 11.5 Å². The molecule has 0 fully saturated rings. The van der Waals surface area contributed by atoms with Gasteiger partial charge in [0.15, 0.2) is 0 Å². The van der Waals surface area contributed by atoms with Crippen LogP contribution < -0.4 is 5.32 Å². The Morgan fingerprint density at radius 3 is 2.50 bits per heavy atom. The Kier molecular flexibility index (Phi) is 4.56. The summed E-state index contributed by atoms with van der Waals surface area (Å²) in [6, 6.07) is 5.69. The van der Waals surface area contributed by atoms with Crippen molar-refractivity contribution in [3.05, 3.63) is 44.4 Å². The fourth-order valence-corrected chi connectivity index (χ4v) is 3.12. The molecule has 1 aromatic carbocycles. The molecule has 0 amide bonds. The SMILES string of the molecule is CNC(Cc1c(Cl)cccc1Cl)c1snnc1C. The molecule has 1 N–H and O–H groups in total. The maximum Gasteiger partial charge on any atom is 0.0772 e. The van der Waals surface area contributed by atoms with Crippen molar-refractivity contribution in [1.82, 2.24) is 14.9 Å². The largest absolute Gasteiger partial charge is 0.312 e. The maximum atomic E-state index is 6.19. The van der Waals surface area contributed by atoms with Crippen LogP contribution in [0.25, 0.3) is 0 Å². The lowest BCUT2D eigenvalue weighted by atomic mass is 10.0. The van der Waals surface area contributed by atoms with Crippen LogP contribution in [0.4, 0.5) is 0 Å². The fraction of sp³-hybridized carbons (Fsp3) is 0.333. The predicted molar refractivity (Wildman–Crippen MR) is 76.6 cm³/mol. The third kappa shape index (κ3) is 2.83. The highest BCUT2D eigenvalue weighted by Crippen LogP contribution is 2.30. The predicted octanol–water partition coefficient (Wildman–Crippen LogP) is 3.66. The van der Waals surface area contributed by atoms with E-state index >= 15 is 0 Å². The van der Waals surface area contributed by atoms with E-state index in [1.54, 1.807) is 0 Å². The van der Waals surface area contributed by atoms with E-state index in [2.05, 4.69) is 14.9 Å². The lowest BCUT2D eigenvalue weighted by Gasteiger charge is -2.16. The molecule has 18 heavy (non-hydrogen) atoms. The summed E-state index contributed by atoms with van der Waals surface area (Å²) in [5, 5.41) is 8.68. The van der Waals surface area contributed by atoms with Crippen molar-refractivity contribution >= 4 is 34.7 Å². The zero-order valence-corrected chi connectivity index (χ0v) is 12.4. The van der Waals surface area contributed by atoms with Gasteiger partial charge in [0, 0.05) is 16.1 Å². The van der Waals surface area contributed by atoms with Crippen molar-refractivity contribution in [2.45, 2.75) is 19.4 Å². The highest BCUT2D eigenvalue weighted by atomic mass is 35.5. The Labute approximate surface area is 120 Å². The molecule has 0 saturated heterocycles. The van der Waals surface area contributed by atoms with Gasteiger partial charge in [-0.05, 0) is 49.6 Å². The number of aryl methyl sites for hydroxylation is 1. The molecule has 1 atom stereocenters. The minimum Gasteiger partial charge on any atom is -0.312 e. The average Bonchev–Trinajstić information content (AvgIpc) is 2.76. The van der Waals surface area contributed by atoms with Gasteiger partial charge >= 0.3 is 0 Å². The highest BCUT2D eigenvalue weighted by molar-refractivity contribution is 7.05. The number of hydrogen-bond donors (Lipinski definition) is 1. The molecule has 0 saturated carbocycles. The van der Waals surface area contributed by atoms with E-state index in [0.29, 0.717) is 10.0 Å². The molecule has 1 heterocycles. The monoisotopic (exact) mass is 301 g/mol. The van der Waals surface area contributed by atoms with Crippen LogP contribution in [0, 0.1) is 6.92 Å². The van der Waals surface area contributed by atoms with E-state index in [-0.39, 0.29) is 6.04 Å². The molecule has 96 valence electrons. The van der Waals surface area contributed by atoms with Crippen LogP contribution in [0.2, 0.25) is 10.0 Å². The summed E-state index contributed by atoms with van der Waals surface area (Å²) in [5.74, 6) is 0. The van der Waals surface area contributed by atoms with Crippen molar-refractivity contribution in [2.24, 2.45) is 0 Å². The molecule has 0 aliphatic carbocycles. The third-order valence-electron chi connectivity index (χ3n) is 2.82. The van der Waals surface area contributed by atoms with Crippen molar-refractivity contribution < 1.29 is 0 Å². The number of hydrogen-bond acceptors (Lipinski definition) is 4. The fourth-order valence-electron chi connectivity index (χ4n) is 1.81. The minimum absolute atomic E-state index is 0.127. The zero-order valence-electron chi connectivity index (χ0n) is 10.1. The summed E-state index contributed by atoms with van der Waals surface area (Å²) < 4.78 is 3.96. The van der Waals surface area contributed by atoms with Gasteiger partial charge in [0.2, 0.25) is 0 Å². The Hall–Kier alpha value is -0.680. The summed E-state index contributed by atoms with van der Waals surface area (Å²) in [5.41, 5.74) is 1.90. The molecule has 1 unspecified atom stereocenters. The molecule has 2 aromatic rings. The van der Waals surface area contributed by atoms with Crippen LogP contribution in [0.3, 0.4) is 0 Å². The van der Waals surface area contributed by atoms with Crippen LogP contribution in [0.5, 0.6) is 0 Å². The van der Waals surface area contributed by atoms with Crippen LogP contribution in [0.1, 0.15) is 22.2 Å². The van der Waals surface area contributed by atoms with Crippen molar-refractivity contribution in [3.8, 4) is 0 Å². The summed E-state index contributed by atoms with van der Waals surface area (Å²) in [4.78, 5) is 1.12. The van der Waals surface area contributed by atoms with Gasteiger partial charge in [-0.1, -0.05) is 33.8 Å². The van der Waals surface area contributed by atoms with Gasteiger partial charge in [-0.2, -0.15) is 0 Å². The Bertz CT molecular complexity index is 522. The lowest BCUT2D eigenvalue weighted by Crippen LogP contribution is -2.19. The van der Waals surface area contributed by atoms with Crippen molar-refractivity contribution in [2.75, 3.05) is 7.05 Å². The molecule has 6 heteroatoms. The topological polar surface area (TPSA) is 37.8 Å². The van der Waals surface area contributed by atoms with Gasteiger partial charge in [0.05, 0.1) is 10.6 Å². The van der Waals surface area contributed by atoms with Crippen molar-refractivity contribution in [1.29, 1.82) is 0 Å². The van der Waals surface area contributed by atoms with Gasteiger partial charge in [-0.15, -0.1) is 5.10 Å².